The fourth-order valence-electron chi connectivity index (χ4n) is 3.69. The van der Waals surface area contributed by atoms with E-state index < -0.39 is 0 Å². The molecule has 0 saturated carbocycles. The molecule has 0 aliphatic heterocycles. The molecule has 1 unspecified atom stereocenters. The molecule has 0 aromatic carbocycles. The predicted octanol–water partition coefficient (Wildman–Crippen LogP) is 8.04. The standard InChI is InChI=1S/C22H47N.ClH/c1-5-7-8-9-10-11-12-13-14-15-16-17-18-19-20-21(6-2)22(3,4)23;/h21H,5-20,23H2,1-4H3;1H. The second kappa shape index (κ2) is 18.1. The van der Waals surface area contributed by atoms with Gasteiger partial charge in [-0.2, -0.15) is 0 Å². The van der Waals surface area contributed by atoms with Gasteiger partial charge in [0.15, 0.2) is 0 Å². The number of unbranched alkanes of at least 4 members (excludes halogenated alkanes) is 13. The zero-order valence-electron chi connectivity index (χ0n) is 17.4. The topological polar surface area (TPSA) is 26.0 Å². The van der Waals surface area contributed by atoms with Gasteiger partial charge in [0.05, 0.1) is 0 Å². The molecule has 0 fully saturated rings. The van der Waals surface area contributed by atoms with E-state index >= 15 is 0 Å². The molecule has 0 aliphatic rings. The zero-order valence-corrected chi connectivity index (χ0v) is 18.2. The molecule has 2 N–H and O–H groups in total. The largest absolute Gasteiger partial charge is 0.325 e. The van der Waals surface area contributed by atoms with Crippen molar-refractivity contribution in [3.05, 3.63) is 0 Å². The molecule has 0 saturated heterocycles. The van der Waals surface area contributed by atoms with E-state index in [1.165, 1.54) is 103 Å². The molecule has 0 aliphatic carbocycles. The van der Waals surface area contributed by atoms with Crippen LogP contribution in [0.4, 0.5) is 0 Å². The fourth-order valence-corrected chi connectivity index (χ4v) is 3.69. The monoisotopic (exact) mass is 361 g/mol. The van der Waals surface area contributed by atoms with E-state index in [-0.39, 0.29) is 17.9 Å². The molecule has 0 aromatic rings. The minimum absolute atomic E-state index is 0. The van der Waals surface area contributed by atoms with Crippen LogP contribution in [0.5, 0.6) is 0 Å². The van der Waals surface area contributed by atoms with E-state index in [1.807, 2.05) is 0 Å². The molecular weight excluding hydrogens is 314 g/mol. The van der Waals surface area contributed by atoms with Gasteiger partial charge in [0.25, 0.3) is 0 Å². The summed E-state index contributed by atoms with van der Waals surface area (Å²) in [6, 6.07) is 0. The van der Waals surface area contributed by atoms with Gasteiger partial charge in [0, 0.05) is 5.54 Å². The molecule has 0 radical (unpaired) electrons. The second-order valence-electron chi connectivity index (χ2n) is 8.31. The maximum atomic E-state index is 6.24. The molecule has 1 nitrogen and oxygen atoms in total. The Morgan fingerprint density at radius 2 is 0.958 bits per heavy atom. The highest BCUT2D eigenvalue weighted by Crippen LogP contribution is 2.24. The lowest BCUT2D eigenvalue weighted by Gasteiger charge is -2.29. The van der Waals surface area contributed by atoms with Crippen molar-refractivity contribution in [3.63, 3.8) is 0 Å². The van der Waals surface area contributed by atoms with Crippen molar-refractivity contribution in [2.45, 2.75) is 136 Å². The van der Waals surface area contributed by atoms with E-state index in [0.717, 1.165) is 0 Å². The van der Waals surface area contributed by atoms with Gasteiger partial charge in [-0.05, 0) is 26.2 Å². The van der Waals surface area contributed by atoms with Crippen LogP contribution >= 0.6 is 12.4 Å². The van der Waals surface area contributed by atoms with Crippen LogP contribution in [-0.2, 0) is 0 Å². The van der Waals surface area contributed by atoms with Crippen molar-refractivity contribution in [1.82, 2.24) is 0 Å². The Labute approximate surface area is 160 Å². The first-order chi connectivity index (χ1) is 11.0. The first-order valence-corrected chi connectivity index (χ1v) is 10.8. The Balaban J connectivity index is 0. The van der Waals surface area contributed by atoms with Gasteiger partial charge in [-0.15, -0.1) is 12.4 Å². The van der Waals surface area contributed by atoms with Crippen molar-refractivity contribution in [2.75, 3.05) is 0 Å². The van der Waals surface area contributed by atoms with Crippen molar-refractivity contribution in [2.24, 2.45) is 11.7 Å². The second-order valence-corrected chi connectivity index (χ2v) is 8.31. The van der Waals surface area contributed by atoms with E-state index in [2.05, 4.69) is 27.7 Å². The smallest absolute Gasteiger partial charge is 0.0125 e. The molecule has 0 rings (SSSR count). The molecule has 2 heteroatoms. The van der Waals surface area contributed by atoms with Gasteiger partial charge in [0.2, 0.25) is 0 Å². The van der Waals surface area contributed by atoms with E-state index in [0.29, 0.717) is 5.92 Å². The Morgan fingerprint density at radius 3 is 1.25 bits per heavy atom. The highest BCUT2D eigenvalue weighted by molar-refractivity contribution is 5.85. The Bertz CT molecular complexity index is 235. The number of nitrogens with two attached hydrogens (primary N) is 1. The fraction of sp³-hybridized carbons (Fsp3) is 1.00. The van der Waals surface area contributed by atoms with Crippen LogP contribution in [0, 0.1) is 5.92 Å². The Kier molecular flexibility index (Phi) is 19.9. The molecule has 0 aromatic heterocycles. The van der Waals surface area contributed by atoms with Gasteiger partial charge < -0.3 is 5.73 Å². The third kappa shape index (κ3) is 17.1. The predicted molar refractivity (Wildman–Crippen MR) is 114 cm³/mol. The van der Waals surface area contributed by atoms with E-state index in [1.54, 1.807) is 0 Å². The molecule has 0 heterocycles. The van der Waals surface area contributed by atoms with Gasteiger partial charge in [0.1, 0.15) is 0 Å². The lowest BCUT2D eigenvalue weighted by molar-refractivity contribution is 0.283. The Morgan fingerprint density at radius 1 is 0.625 bits per heavy atom. The SMILES string of the molecule is CCCCCCCCCCCCCCCCC(CC)C(C)(C)N.Cl. The summed E-state index contributed by atoms with van der Waals surface area (Å²) in [7, 11) is 0. The average Bonchev–Trinajstić information content (AvgIpc) is 2.50. The summed E-state index contributed by atoms with van der Waals surface area (Å²) in [4.78, 5) is 0. The zero-order chi connectivity index (χ0) is 17.4. The number of hydrogen-bond donors (Lipinski definition) is 1. The van der Waals surface area contributed by atoms with Crippen molar-refractivity contribution >= 4 is 12.4 Å². The molecule has 0 bridgehead atoms. The maximum Gasteiger partial charge on any atom is 0.0125 e. The van der Waals surface area contributed by atoms with Crippen LogP contribution in [0.15, 0.2) is 0 Å². The molecule has 24 heavy (non-hydrogen) atoms. The summed E-state index contributed by atoms with van der Waals surface area (Å²) >= 11 is 0. The van der Waals surface area contributed by atoms with Crippen molar-refractivity contribution in [3.8, 4) is 0 Å². The first-order valence-electron chi connectivity index (χ1n) is 10.8. The van der Waals surface area contributed by atoms with Crippen LogP contribution in [0.25, 0.3) is 0 Å². The van der Waals surface area contributed by atoms with Crippen LogP contribution in [0.3, 0.4) is 0 Å². The highest BCUT2D eigenvalue weighted by Gasteiger charge is 2.22. The minimum Gasteiger partial charge on any atom is -0.325 e. The third-order valence-corrected chi connectivity index (χ3v) is 5.45. The van der Waals surface area contributed by atoms with E-state index in [4.69, 9.17) is 5.73 Å². The van der Waals surface area contributed by atoms with Crippen molar-refractivity contribution in [1.29, 1.82) is 0 Å². The van der Waals surface area contributed by atoms with E-state index in [9.17, 15) is 0 Å². The molecule has 1 atom stereocenters. The number of halogens is 1. The maximum absolute atomic E-state index is 6.24. The minimum atomic E-state index is 0. The molecular formula is C22H48ClN. The lowest BCUT2D eigenvalue weighted by atomic mass is 9.82. The summed E-state index contributed by atoms with van der Waals surface area (Å²) in [5, 5.41) is 0. The van der Waals surface area contributed by atoms with Gasteiger partial charge >= 0.3 is 0 Å². The third-order valence-electron chi connectivity index (χ3n) is 5.45. The summed E-state index contributed by atoms with van der Waals surface area (Å²) in [5.74, 6) is 0.694. The van der Waals surface area contributed by atoms with Crippen LogP contribution < -0.4 is 5.73 Å². The normalized spacial score (nSPS) is 12.9. The van der Waals surface area contributed by atoms with Gasteiger partial charge in [-0.3, -0.25) is 0 Å². The van der Waals surface area contributed by atoms with Gasteiger partial charge in [-0.25, -0.2) is 0 Å². The molecule has 0 spiro atoms. The number of hydrogen-bond acceptors (Lipinski definition) is 1. The Hall–Kier alpha value is 0.250. The average molecular weight is 362 g/mol. The summed E-state index contributed by atoms with van der Waals surface area (Å²) in [5.41, 5.74) is 6.25. The summed E-state index contributed by atoms with van der Waals surface area (Å²) < 4.78 is 0. The number of rotatable bonds is 17. The van der Waals surface area contributed by atoms with Crippen molar-refractivity contribution < 1.29 is 0 Å². The van der Waals surface area contributed by atoms with Crippen LogP contribution in [-0.4, -0.2) is 5.54 Å². The molecule has 0 amide bonds. The van der Waals surface area contributed by atoms with Gasteiger partial charge in [-0.1, -0.05) is 110 Å². The quantitative estimate of drug-likeness (QED) is 0.260. The summed E-state index contributed by atoms with van der Waals surface area (Å²) in [6.45, 7) is 8.94. The molecule has 148 valence electrons. The summed E-state index contributed by atoms with van der Waals surface area (Å²) in [6.07, 6.45) is 22.7. The van der Waals surface area contributed by atoms with Crippen LogP contribution in [0.2, 0.25) is 0 Å². The highest BCUT2D eigenvalue weighted by atomic mass is 35.5. The first kappa shape index (κ1) is 26.5. The lowest BCUT2D eigenvalue weighted by Crippen LogP contribution is -2.40. The van der Waals surface area contributed by atoms with Crippen LogP contribution in [0.1, 0.15) is 130 Å².